The third kappa shape index (κ3) is 3.59. The molecule has 1 aromatic carbocycles. The highest BCUT2D eigenvalue weighted by atomic mass is 35.5. The lowest BCUT2D eigenvalue weighted by atomic mass is 10.2. The van der Waals surface area contributed by atoms with Crippen molar-refractivity contribution in [2.45, 2.75) is 12.5 Å². The first kappa shape index (κ1) is 15.0. The number of hydrogen-bond acceptors (Lipinski definition) is 5. The number of halogens is 1. The summed E-state index contributed by atoms with van der Waals surface area (Å²) < 4.78 is 0. The van der Waals surface area contributed by atoms with Gasteiger partial charge in [0.05, 0.1) is 17.1 Å². The van der Waals surface area contributed by atoms with Crippen LogP contribution in [0, 0.1) is 0 Å². The Morgan fingerprint density at radius 2 is 2.05 bits per heavy atom. The Morgan fingerprint density at radius 1 is 1.40 bits per heavy atom. The van der Waals surface area contributed by atoms with Crippen LogP contribution in [-0.2, 0) is 4.79 Å². The monoisotopic (exact) mass is 310 g/mol. The first-order valence-corrected chi connectivity index (χ1v) is 7.86. The Kier molecular flexibility index (Phi) is 5.17. The zero-order valence-corrected chi connectivity index (χ0v) is 12.5. The fourth-order valence-electron chi connectivity index (χ4n) is 1.64. The van der Waals surface area contributed by atoms with E-state index in [1.807, 2.05) is 30.5 Å². The zero-order chi connectivity index (χ0) is 14.5. The van der Waals surface area contributed by atoms with Crippen LogP contribution >= 0.6 is 23.4 Å². The van der Waals surface area contributed by atoms with Gasteiger partial charge in [-0.15, -0.1) is 0 Å². The first-order chi connectivity index (χ1) is 9.61. The van der Waals surface area contributed by atoms with E-state index in [1.54, 1.807) is 11.8 Å². The van der Waals surface area contributed by atoms with Crippen molar-refractivity contribution < 1.29 is 4.79 Å². The SMILES string of the molecule is CSCC[C@@H](N)C(=O)Nc1nc2ccccc2nc1Cl. The molecule has 106 valence electrons. The lowest BCUT2D eigenvalue weighted by Crippen LogP contribution is -2.36. The third-order valence-corrected chi connectivity index (χ3v) is 3.65. The van der Waals surface area contributed by atoms with E-state index in [0.717, 1.165) is 5.75 Å². The van der Waals surface area contributed by atoms with Crippen molar-refractivity contribution in [1.82, 2.24) is 9.97 Å². The van der Waals surface area contributed by atoms with Crippen LogP contribution < -0.4 is 11.1 Å². The summed E-state index contributed by atoms with van der Waals surface area (Å²) in [6, 6.07) is 6.74. The minimum Gasteiger partial charge on any atom is -0.320 e. The Morgan fingerprint density at radius 3 is 2.70 bits per heavy atom. The summed E-state index contributed by atoms with van der Waals surface area (Å²) in [5.41, 5.74) is 7.15. The molecule has 2 rings (SSSR count). The minimum absolute atomic E-state index is 0.161. The van der Waals surface area contributed by atoms with Crippen LogP contribution in [-0.4, -0.2) is 33.9 Å². The van der Waals surface area contributed by atoms with E-state index < -0.39 is 6.04 Å². The summed E-state index contributed by atoms with van der Waals surface area (Å²) in [5.74, 6) is 0.770. The molecule has 0 bridgehead atoms. The van der Waals surface area contributed by atoms with Crippen molar-refractivity contribution in [3.05, 3.63) is 29.4 Å². The number of aromatic nitrogens is 2. The standard InChI is InChI=1S/C13H15ClN4OS/c1-20-7-6-8(15)13(19)18-12-11(14)16-9-4-2-3-5-10(9)17-12/h2-5,8H,6-7,15H2,1H3,(H,17,18,19)/t8-/m1/s1. The Labute approximate surface area is 126 Å². The second kappa shape index (κ2) is 6.88. The van der Waals surface area contributed by atoms with Crippen molar-refractivity contribution in [3.63, 3.8) is 0 Å². The van der Waals surface area contributed by atoms with Crippen LogP contribution in [0.3, 0.4) is 0 Å². The quantitative estimate of drug-likeness (QED) is 0.885. The predicted octanol–water partition coefficient (Wildman–Crippen LogP) is 2.30. The number of carbonyl (C=O) groups excluding carboxylic acids is 1. The van der Waals surface area contributed by atoms with E-state index in [0.29, 0.717) is 17.5 Å². The Hall–Kier alpha value is -1.37. The maximum absolute atomic E-state index is 11.9. The number of nitrogens with zero attached hydrogens (tertiary/aromatic N) is 2. The number of thioether (sulfide) groups is 1. The molecule has 0 saturated carbocycles. The fraction of sp³-hybridized carbons (Fsp3) is 0.308. The molecular weight excluding hydrogens is 296 g/mol. The number of fused-ring (bicyclic) bond motifs is 1. The molecule has 1 aromatic heterocycles. The summed E-state index contributed by atoms with van der Waals surface area (Å²) in [6.07, 6.45) is 2.57. The largest absolute Gasteiger partial charge is 0.320 e. The second-order valence-corrected chi connectivity index (χ2v) is 5.57. The molecule has 1 amide bonds. The summed E-state index contributed by atoms with van der Waals surface area (Å²) in [5, 5.41) is 2.79. The number of benzene rings is 1. The summed E-state index contributed by atoms with van der Waals surface area (Å²) in [4.78, 5) is 20.4. The van der Waals surface area contributed by atoms with Crippen molar-refractivity contribution >= 4 is 46.1 Å². The zero-order valence-electron chi connectivity index (χ0n) is 11.0. The predicted molar refractivity (Wildman–Crippen MR) is 84.2 cm³/mol. The van der Waals surface area contributed by atoms with Gasteiger partial charge in [0.15, 0.2) is 11.0 Å². The van der Waals surface area contributed by atoms with Gasteiger partial charge in [0.2, 0.25) is 5.91 Å². The van der Waals surface area contributed by atoms with Crippen LogP contribution in [0.15, 0.2) is 24.3 Å². The van der Waals surface area contributed by atoms with Crippen molar-refractivity contribution in [2.75, 3.05) is 17.3 Å². The van der Waals surface area contributed by atoms with Crippen LogP contribution in [0.2, 0.25) is 5.15 Å². The van der Waals surface area contributed by atoms with Gasteiger partial charge in [0.25, 0.3) is 0 Å². The van der Waals surface area contributed by atoms with Crippen molar-refractivity contribution in [1.29, 1.82) is 0 Å². The van der Waals surface area contributed by atoms with Crippen LogP contribution in [0.1, 0.15) is 6.42 Å². The van der Waals surface area contributed by atoms with E-state index >= 15 is 0 Å². The normalized spacial score (nSPS) is 12.3. The molecule has 20 heavy (non-hydrogen) atoms. The maximum Gasteiger partial charge on any atom is 0.242 e. The Bertz CT molecular complexity index is 622. The topological polar surface area (TPSA) is 80.9 Å². The molecule has 2 aromatic rings. The number of anilines is 1. The molecule has 1 heterocycles. The number of hydrogen-bond donors (Lipinski definition) is 2. The van der Waals surface area contributed by atoms with E-state index in [-0.39, 0.29) is 16.9 Å². The van der Waals surface area contributed by atoms with Crippen molar-refractivity contribution in [2.24, 2.45) is 5.73 Å². The number of rotatable bonds is 5. The molecular formula is C13H15ClN4OS. The van der Waals surface area contributed by atoms with Crippen molar-refractivity contribution in [3.8, 4) is 0 Å². The van der Waals surface area contributed by atoms with Gasteiger partial charge in [-0.25, -0.2) is 9.97 Å². The fourth-order valence-corrected chi connectivity index (χ4v) is 2.31. The van der Waals surface area contributed by atoms with Gasteiger partial charge in [0.1, 0.15) is 0 Å². The number of amides is 1. The van der Waals surface area contributed by atoms with Gasteiger partial charge >= 0.3 is 0 Å². The average molecular weight is 311 g/mol. The number of nitrogens with one attached hydrogen (secondary N) is 1. The molecule has 0 aliphatic carbocycles. The minimum atomic E-state index is -0.577. The molecule has 0 unspecified atom stereocenters. The third-order valence-electron chi connectivity index (χ3n) is 2.74. The number of nitrogens with two attached hydrogens (primary N) is 1. The van der Waals surface area contributed by atoms with Gasteiger partial charge in [-0.2, -0.15) is 11.8 Å². The summed E-state index contributed by atoms with van der Waals surface area (Å²) in [6.45, 7) is 0. The molecule has 1 atom stereocenters. The van der Waals surface area contributed by atoms with E-state index in [4.69, 9.17) is 17.3 Å². The molecule has 0 spiro atoms. The number of para-hydroxylation sites is 2. The molecule has 0 saturated heterocycles. The van der Waals surface area contributed by atoms with Crippen LogP contribution in [0.4, 0.5) is 5.82 Å². The highest BCUT2D eigenvalue weighted by molar-refractivity contribution is 7.98. The maximum atomic E-state index is 11.9. The molecule has 0 aliphatic heterocycles. The second-order valence-electron chi connectivity index (χ2n) is 4.23. The first-order valence-electron chi connectivity index (χ1n) is 6.09. The molecule has 0 aliphatic rings. The molecule has 0 fully saturated rings. The smallest absolute Gasteiger partial charge is 0.242 e. The van der Waals surface area contributed by atoms with Gasteiger partial charge in [-0.05, 0) is 30.6 Å². The average Bonchev–Trinajstić information content (AvgIpc) is 2.45. The van der Waals surface area contributed by atoms with E-state index in [9.17, 15) is 4.79 Å². The molecule has 3 N–H and O–H groups in total. The molecule has 0 radical (unpaired) electrons. The summed E-state index contributed by atoms with van der Waals surface area (Å²) >= 11 is 7.67. The van der Waals surface area contributed by atoms with Crippen LogP contribution in [0.5, 0.6) is 0 Å². The van der Waals surface area contributed by atoms with Gasteiger partial charge in [-0.1, -0.05) is 23.7 Å². The van der Waals surface area contributed by atoms with E-state index in [1.165, 1.54) is 0 Å². The van der Waals surface area contributed by atoms with Gasteiger partial charge in [0, 0.05) is 0 Å². The number of carbonyl (C=O) groups is 1. The Balaban J connectivity index is 2.16. The lowest BCUT2D eigenvalue weighted by molar-refractivity contribution is -0.117. The molecule has 7 heteroatoms. The highest BCUT2D eigenvalue weighted by Gasteiger charge is 2.16. The highest BCUT2D eigenvalue weighted by Crippen LogP contribution is 2.21. The molecule has 5 nitrogen and oxygen atoms in total. The lowest BCUT2D eigenvalue weighted by Gasteiger charge is -2.12. The van der Waals surface area contributed by atoms with E-state index in [2.05, 4.69) is 15.3 Å². The van der Waals surface area contributed by atoms with Gasteiger partial charge < -0.3 is 11.1 Å². The van der Waals surface area contributed by atoms with Gasteiger partial charge in [-0.3, -0.25) is 4.79 Å². The van der Waals surface area contributed by atoms with Crippen LogP contribution in [0.25, 0.3) is 11.0 Å². The summed E-state index contributed by atoms with van der Waals surface area (Å²) in [7, 11) is 0.